The Morgan fingerprint density at radius 1 is 0.367 bits per heavy atom. The lowest BCUT2D eigenvalue weighted by molar-refractivity contribution is 0.669. The molecule has 230 valence electrons. The zero-order valence-electron chi connectivity index (χ0n) is 26.5. The van der Waals surface area contributed by atoms with Crippen molar-refractivity contribution in [3.05, 3.63) is 176 Å². The third-order valence-electron chi connectivity index (χ3n) is 9.65. The first-order valence-electron chi connectivity index (χ1n) is 16.6. The molecule has 0 unspecified atom stereocenters. The van der Waals surface area contributed by atoms with E-state index in [1.54, 1.807) is 0 Å². The fourth-order valence-corrected chi connectivity index (χ4v) is 8.44. The van der Waals surface area contributed by atoms with Crippen LogP contribution in [0.5, 0.6) is 0 Å². The van der Waals surface area contributed by atoms with Crippen molar-refractivity contribution in [2.24, 2.45) is 0 Å². The van der Waals surface area contributed by atoms with Gasteiger partial charge in [0.15, 0.2) is 0 Å². The number of hydrogen-bond acceptors (Lipinski definition) is 3. The average molecular weight is 644 g/mol. The second-order valence-corrected chi connectivity index (χ2v) is 13.6. The molecule has 0 radical (unpaired) electrons. The quantitative estimate of drug-likeness (QED) is 0.186. The largest absolute Gasteiger partial charge is 0.456 e. The Kier molecular flexibility index (Phi) is 6.39. The highest BCUT2D eigenvalue weighted by atomic mass is 32.1. The molecule has 0 aliphatic rings. The Labute approximate surface area is 287 Å². The van der Waals surface area contributed by atoms with E-state index in [-0.39, 0.29) is 0 Å². The van der Waals surface area contributed by atoms with Gasteiger partial charge >= 0.3 is 0 Å². The topological polar surface area (TPSA) is 16.4 Å². The van der Waals surface area contributed by atoms with E-state index in [4.69, 9.17) is 4.42 Å². The summed E-state index contributed by atoms with van der Waals surface area (Å²) >= 11 is 1.85. The number of nitrogens with zero attached hydrogens (tertiary/aromatic N) is 1. The standard InChI is InChI=1S/C46H29NOS/c1-3-11-31(12-4-1)39-29-43-46(38-16-7-9-17-42(38)48-43)41-27-32(21-25-36(39)41)30-19-22-34(23-20-30)47(33-13-5-2-6-14-33)35-24-26-45-40(28-35)37-15-8-10-18-44(37)49-45/h1-29H. The number of anilines is 3. The van der Waals surface area contributed by atoms with Gasteiger partial charge in [-0.25, -0.2) is 0 Å². The molecule has 0 spiro atoms. The van der Waals surface area contributed by atoms with Crippen LogP contribution in [0.25, 0.3) is 75.1 Å². The number of furan rings is 1. The lowest BCUT2D eigenvalue weighted by atomic mass is 9.92. The first-order valence-corrected chi connectivity index (χ1v) is 17.4. The van der Waals surface area contributed by atoms with Crippen molar-refractivity contribution < 1.29 is 4.42 Å². The normalized spacial score (nSPS) is 11.7. The predicted molar refractivity (Wildman–Crippen MR) is 210 cm³/mol. The predicted octanol–water partition coefficient (Wildman–Crippen LogP) is 13.9. The van der Waals surface area contributed by atoms with E-state index in [1.165, 1.54) is 53.2 Å². The molecule has 10 aromatic rings. The second kappa shape index (κ2) is 11.2. The zero-order valence-corrected chi connectivity index (χ0v) is 27.3. The van der Waals surface area contributed by atoms with Gasteiger partial charge in [-0.2, -0.15) is 0 Å². The van der Waals surface area contributed by atoms with Crippen LogP contribution in [-0.2, 0) is 0 Å². The van der Waals surface area contributed by atoms with Crippen molar-refractivity contribution in [3.8, 4) is 22.3 Å². The maximum absolute atomic E-state index is 6.43. The molecule has 0 fully saturated rings. The first-order chi connectivity index (χ1) is 24.3. The second-order valence-electron chi connectivity index (χ2n) is 12.5. The highest BCUT2D eigenvalue weighted by Crippen LogP contribution is 2.43. The number of fused-ring (bicyclic) bond motifs is 8. The molecule has 0 N–H and O–H groups in total. The van der Waals surface area contributed by atoms with Crippen molar-refractivity contribution in [1.29, 1.82) is 0 Å². The minimum atomic E-state index is 0.911. The lowest BCUT2D eigenvalue weighted by Gasteiger charge is -2.26. The fourth-order valence-electron chi connectivity index (χ4n) is 7.36. The highest BCUT2D eigenvalue weighted by molar-refractivity contribution is 7.25. The van der Waals surface area contributed by atoms with Gasteiger partial charge in [-0.1, -0.05) is 109 Å². The van der Waals surface area contributed by atoms with Crippen LogP contribution in [0.1, 0.15) is 0 Å². The monoisotopic (exact) mass is 643 g/mol. The third kappa shape index (κ3) is 4.62. The number of thiophene rings is 1. The van der Waals surface area contributed by atoms with Crippen LogP contribution in [0.15, 0.2) is 180 Å². The van der Waals surface area contributed by atoms with E-state index in [9.17, 15) is 0 Å². The molecule has 8 aromatic carbocycles. The fraction of sp³-hybridized carbons (Fsp3) is 0. The maximum atomic E-state index is 6.43. The van der Waals surface area contributed by atoms with E-state index >= 15 is 0 Å². The molecular formula is C46H29NOS. The minimum absolute atomic E-state index is 0.911. The summed E-state index contributed by atoms with van der Waals surface area (Å²) in [5, 5.41) is 7.32. The van der Waals surface area contributed by atoms with Gasteiger partial charge in [-0.3, -0.25) is 0 Å². The summed E-state index contributed by atoms with van der Waals surface area (Å²) in [4.78, 5) is 2.35. The number of rotatable bonds is 5. The van der Waals surface area contributed by atoms with Crippen LogP contribution in [0, 0.1) is 0 Å². The highest BCUT2D eigenvalue weighted by Gasteiger charge is 2.17. The molecule has 0 amide bonds. The van der Waals surface area contributed by atoms with Gasteiger partial charge < -0.3 is 9.32 Å². The summed E-state index contributed by atoms with van der Waals surface area (Å²) in [7, 11) is 0. The summed E-state index contributed by atoms with van der Waals surface area (Å²) in [6.07, 6.45) is 0. The van der Waals surface area contributed by atoms with Crippen molar-refractivity contribution in [3.63, 3.8) is 0 Å². The molecule has 2 heterocycles. The molecule has 0 bridgehead atoms. The van der Waals surface area contributed by atoms with Crippen LogP contribution in [0.4, 0.5) is 17.1 Å². The Hall–Kier alpha value is -6.16. The van der Waals surface area contributed by atoms with E-state index in [0.717, 1.165) is 39.0 Å². The molecule has 0 aliphatic heterocycles. The molecule has 0 saturated heterocycles. The van der Waals surface area contributed by atoms with Crippen LogP contribution < -0.4 is 4.90 Å². The van der Waals surface area contributed by atoms with Gasteiger partial charge in [-0.05, 0) is 99.8 Å². The smallest absolute Gasteiger partial charge is 0.136 e. The number of para-hydroxylation sites is 2. The molecule has 3 heteroatoms. The van der Waals surface area contributed by atoms with Crippen LogP contribution >= 0.6 is 11.3 Å². The molecule has 49 heavy (non-hydrogen) atoms. The van der Waals surface area contributed by atoms with Crippen molar-refractivity contribution in [1.82, 2.24) is 0 Å². The average Bonchev–Trinajstić information content (AvgIpc) is 3.74. The van der Waals surface area contributed by atoms with E-state index < -0.39 is 0 Å². The van der Waals surface area contributed by atoms with Gasteiger partial charge in [0.25, 0.3) is 0 Å². The summed E-state index contributed by atoms with van der Waals surface area (Å²) in [6.45, 7) is 0. The van der Waals surface area contributed by atoms with Gasteiger partial charge in [0, 0.05) is 48.0 Å². The SMILES string of the molecule is c1ccc(-c2cc3oc4ccccc4c3c3cc(-c4ccc(N(c5ccccc5)c5ccc6sc7ccccc7c6c5)cc4)ccc23)cc1. The molecule has 0 atom stereocenters. The summed E-state index contributed by atoms with van der Waals surface area (Å²) in [6, 6.07) is 63.2. The van der Waals surface area contributed by atoms with Gasteiger partial charge in [-0.15, -0.1) is 11.3 Å². The van der Waals surface area contributed by atoms with Gasteiger partial charge in [0.2, 0.25) is 0 Å². The molecule has 10 rings (SSSR count). The Morgan fingerprint density at radius 3 is 1.86 bits per heavy atom. The number of benzene rings is 8. The Balaban J connectivity index is 1.11. The number of hydrogen-bond donors (Lipinski definition) is 0. The van der Waals surface area contributed by atoms with E-state index in [0.29, 0.717) is 0 Å². The third-order valence-corrected chi connectivity index (χ3v) is 10.8. The molecule has 0 saturated carbocycles. The van der Waals surface area contributed by atoms with Crippen molar-refractivity contribution >= 4 is 81.3 Å². The lowest BCUT2D eigenvalue weighted by Crippen LogP contribution is -2.09. The van der Waals surface area contributed by atoms with Gasteiger partial charge in [0.1, 0.15) is 11.2 Å². The Morgan fingerprint density at radius 2 is 1.02 bits per heavy atom. The van der Waals surface area contributed by atoms with Gasteiger partial charge in [0.05, 0.1) is 0 Å². The first kappa shape index (κ1) is 27.9. The van der Waals surface area contributed by atoms with E-state index in [1.807, 2.05) is 17.4 Å². The molecule has 2 nitrogen and oxygen atoms in total. The minimum Gasteiger partial charge on any atom is -0.456 e. The maximum Gasteiger partial charge on any atom is 0.136 e. The van der Waals surface area contributed by atoms with Crippen molar-refractivity contribution in [2.45, 2.75) is 0 Å². The molecule has 2 aromatic heterocycles. The summed E-state index contributed by atoms with van der Waals surface area (Å²) < 4.78 is 9.06. The van der Waals surface area contributed by atoms with Crippen LogP contribution in [0.2, 0.25) is 0 Å². The van der Waals surface area contributed by atoms with Crippen molar-refractivity contribution in [2.75, 3.05) is 4.90 Å². The summed E-state index contributed by atoms with van der Waals surface area (Å²) in [5.74, 6) is 0. The molecular weight excluding hydrogens is 615 g/mol. The zero-order chi connectivity index (χ0) is 32.3. The van der Waals surface area contributed by atoms with Crippen LogP contribution in [-0.4, -0.2) is 0 Å². The van der Waals surface area contributed by atoms with E-state index in [2.05, 4.69) is 175 Å². The Bertz CT molecular complexity index is 2810. The summed E-state index contributed by atoms with van der Waals surface area (Å²) in [5.41, 5.74) is 9.91. The van der Waals surface area contributed by atoms with Crippen LogP contribution in [0.3, 0.4) is 0 Å². The molecule has 0 aliphatic carbocycles.